The van der Waals surface area contributed by atoms with Gasteiger partial charge >= 0.3 is 0 Å². The van der Waals surface area contributed by atoms with Crippen molar-refractivity contribution >= 4 is 28.6 Å². The molecule has 3 aromatic rings. The van der Waals surface area contributed by atoms with Crippen LogP contribution in [-0.4, -0.2) is 27.3 Å². The van der Waals surface area contributed by atoms with Gasteiger partial charge in [0.1, 0.15) is 0 Å². The second-order valence-corrected chi connectivity index (χ2v) is 8.85. The molecule has 30 heavy (non-hydrogen) atoms. The fraction of sp³-hybridized carbons (Fsp3) is 0.375. The molecule has 0 saturated carbocycles. The van der Waals surface area contributed by atoms with Gasteiger partial charge in [-0.2, -0.15) is 0 Å². The van der Waals surface area contributed by atoms with E-state index in [1.165, 1.54) is 17.3 Å². The molecule has 0 bridgehead atoms. The molecule has 0 aliphatic carbocycles. The highest BCUT2D eigenvalue weighted by atomic mass is 32.2. The number of hydrogen-bond donors (Lipinski definition) is 1. The Morgan fingerprint density at radius 2 is 1.80 bits per heavy atom. The number of nitrogens with zero attached hydrogens (tertiary/aromatic N) is 2. The van der Waals surface area contributed by atoms with Crippen molar-refractivity contribution in [1.29, 1.82) is 0 Å². The summed E-state index contributed by atoms with van der Waals surface area (Å²) >= 11 is 1.35. The molecule has 5 nitrogen and oxygen atoms in total. The highest BCUT2D eigenvalue weighted by Gasteiger charge is 2.20. The van der Waals surface area contributed by atoms with Crippen LogP contribution in [0.3, 0.4) is 0 Å². The molecule has 0 saturated heterocycles. The number of aromatic nitrogens is 2. The number of amides is 1. The molecule has 3 rings (SSSR count). The number of rotatable bonds is 9. The van der Waals surface area contributed by atoms with Crippen LogP contribution in [0.2, 0.25) is 0 Å². The zero-order valence-corrected chi connectivity index (χ0v) is 18.6. The van der Waals surface area contributed by atoms with Gasteiger partial charge in [-0.3, -0.25) is 14.2 Å². The molecule has 0 radical (unpaired) electrons. The monoisotopic (exact) mass is 423 g/mol. The van der Waals surface area contributed by atoms with Gasteiger partial charge in [-0.1, -0.05) is 74.5 Å². The maximum Gasteiger partial charge on any atom is 0.262 e. The van der Waals surface area contributed by atoms with Gasteiger partial charge in [0, 0.05) is 13.1 Å². The third-order valence-corrected chi connectivity index (χ3v) is 6.25. The van der Waals surface area contributed by atoms with Gasteiger partial charge < -0.3 is 5.32 Å². The maximum absolute atomic E-state index is 13.0. The minimum atomic E-state index is -0.353. The Kier molecular flexibility index (Phi) is 7.69. The van der Waals surface area contributed by atoms with E-state index in [0.717, 1.165) is 12.8 Å². The van der Waals surface area contributed by atoms with Crippen molar-refractivity contribution in [2.24, 2.45) is 0 Å². The van der Waals surface area contributed by atoms with Crippen molar-refractivity contribution in [2.75, 3.05) is 6.54 Å². The Hall–Kier alpha value is -2.60. The zero-order chi connectivity index (χ0) is 21.5. The van der Waals surface area contributed by atoms with E-state index in [1.807, 2.05) is 49.4 Å². The quantitative estimate of drug-likeness (QED) is 0.404. The average Bonchev–Trinajstić information content (AvgIpc) is 2.77. The smallest absolute Gasteiger partial charge is 0.262 e. The van der Waals surface area contributed by atoms with E-state index in [2.05, 4.69) is 31.3 Å². The lowest BCUT2D eigenvalue weighted by Crippen LogP contribution is -2.34. The molecular weight excluding hydrogens is 394 g/mol. The van der Waals surface area contributed by atoms with E-state index in [0.29, 0.717) is 29.1 Å². The van der Waals surface area contributed by atoms with Gasteiger partial charge in [0.15, 0.2) is 5.16 Å². The van der Waals surface area contributed by atoms with Crippen molar-refractivity contribution in [2.45, 2.75) is 56.5 Å². The molecule has 6 heteroatoms. The molecule has 1 amide bonds. The number of benzene rings is 2. The number of unbranched alkanes of at least 4 members (excludes halogenated alkanes) is 1. The van der Waals surface area contributed by atoms with Crippen LogP contribution in [0.25, 0.3) is 10.9 Å². The Bertz CT molecular complexity index is 1050. The van der Waals surface area contributed by atoms with Gasteiger partial charge in [0.05, 0.1) is 16.2 Å². The lowest BCUT2D eigenvalue weighted by molar-refractivity contribution is -0.120. The van der Waals surface area contributed by atoms with Crippen LogP contribution in [0.4, 0.5) is 0 Å². The Morgan fingerprint density at radius 1 is 1.10 bits per heavy atom. The van der Waals surface area contributed by atoms with E-state index >= 15 is 0 Å². The average molecular weight is 424 g/mol. The summed E-state index contributed by atoms with van der Waals surface area (Å²) in [6, 6.07) is 17.5. The first-order valence-electron chi connectivity index (χ1n) is 10.5. The molecule has 1 N–H and O–H groups in total. The Balaban J connectivity index is 1.74. The summed E-state index contributed by atoms with van der Waals surface area (Å²) in [6.07, 6.45) is 1.87. The third kappa shape index (κ3) is 5.30. The predicted octanol–water partition coefficient (Wildman–Crippen LogP) is 4.60. The van der Waals surface area contributed by atoms with E-state index < -0.39 is 0 Å². The van der Waals surface area contributed by atoms with Crippen molar-refractivity contribution < 1.29 is 4.79 Å². The zero-order valence-electron chi connectivity index (χ0n) is 17.8. The molecular formula is C24H29N3O2S. The van der Waals surface area contributed by atoms with Crippen LogP contribution in [0.1, 0.15) is 45.1 Å². The first-order valence-corrected chi connectivity index (χ1v) is 11.4. The summed E-state index contributed by atoms with van der Waals surface area (Å²) < 4.78 is 1.72. The van der Waals surface area contributed by atoms with E-state index in [-0.39, 0.29) is 22.6 Å². The van der Waals surface area contributed by atoms with Crippen LogP contribution in [0.15, 0.2) is 64.5 Å². The van der Waals surface area contributed by atoms with Crippen LogP contribution in [0, 0.1) is 0 Å². The highest BCUT2D eigenvalue weighted by Crippen LogP contribution is 2.23. The second-order valence-electron chi connectivity index (χ2n) is 7.54. The molecule has 0 aliphatic rings. The Morgan fingerprint density at radius 3 is 2.53 bits per heavy atom. The van der Waals surface area contributed by atoms with Crippen molar-refractivity contribution in [1.82, 2.24) is 14.9 Å². The third-order valence-electron chi connectivity index (χ3n) is 5.16. The number of nitrogens with one attached hydrogen (secondary N) is 1. The van der Waals surface area contributed by atoms with Gasteiger partial charge in [0.25, 0.3) is 5.56 Å². The lowest BCUT2D eigenvalue weighted by atomic mass is 10.0. The fourth-order valence-corrected chi connectivity index (χ4v) is 4.22. The van der Waals surface area contributed by atoms with Crippen LogP contribution >= 0.6 is 11.8 Å². The number of carbonyl (C=O) groups is 1. The predicted molar refractivity (Wildman–Crippen MR) is 124 cm³/mol. The number of carbonyl (C=O) groups excluding carboxylic acids is 1. The van der Waals surface area contributed by atoms with Crippen molar-refractivity contribution in [3.63, 3.8) is 0 Å². The minimum absolute atomic E-state index is 0.0399. The van der Waals surface area contributed by atoms with Crippen molar-refractivity contribution in [3.05, 3.63) is 70.5 Å². The number of hydrogen-bond acceptors (Lipinski definition) is 4. The van der Waals surface area contributed by atoms with Gasteiger partial charge in [0.2, 0.25) is 5.91 Å². The summed E-state index contributed by atoms with van der Waals surface area (Å²) in [5.41, 5.74) is 1.83. The molecule has 2 atom stereocenters. The molecule has 0 spiro atoms. The highest BCUT2D eigenvalue weighted by molar-refractivity contribution is 8.00. The first-order chi connectivity index (χ1) is 14.5. The molecule has 2 aromatic carbocycles. The van der Waals surface area contributed by atoms with Gasteiger partial charge in [-0.25, -0.2) is 4.98 Å². The molecule has 1 heterocycles. The molecule has 0 aliphatic heterocycles. The molecule has 1 aromatic heterocycles. The van der Waals surface area contributed by atoms with Crippen LogP contribution in [-0.2, 0) is 11.3 Å². The summed E-state index contributed by atoms with van der Waals surface area (Å²) in [5, 5.41) is 3.91. The van der Waals surface area contributed by atoms with E-state index in [9.17, 15) is 9.59 Å². The summed E-state index contributed by atoms with van der Waals surface area (Å²) in [7, 11) is 0. The fourth-order valence-electron chi connectivity index (χ4n) is 3.26. The second kappa shape index (κ2) is 10.4. The normalized spacial score (nSPS) is 13.2. The van der Waals surface area contributed by atoms with Crippen LogP contribution < -0.4 is 10.9 Å². The number of thioether (sulfide) groups is 1. The first kappa shape index (κ1) is 22.1. The summed E-state index contributed by atoms with van der Waals surface area (Å²) in [6.45, 7) is 7.23. The molecule has 158 valence electrons. The Labute approximate surface area is 181 Å². The summed E-state index contributed by atoms with van der Waals surface area (Å²) in [4.78, 5) is 30.4. The van der Waals surface area contributed by atoms with E-state index in [4.69, 9.17) is 4.98 Å². The maximum atomic E-state index is 13.0. The standard InChI is InChI=1S/C24H29N3O2S/c1-4-5-15-27-23(29)20-13-9-10-14-21(20)26-24(27)30-18(3)22(28)25-16-17(2)19-11-7-6-8-12-19/h6-14,17-18H,4-5,15-16H2,1-3H3,(H,25,28). The SMILES string of the molecule is CCCCn1c(SC(C)C(=O)NCC(C)c2ccccc2)nc2ccccc2c1=O. The minimum Gasteiger partial charge on any atom is -0.355 e. The number of para-hydroxylation sites is 1. The molecule has 2 unspecified atom stereocenters. The van der Waals surface area contributed by atoms with Crippen molar-refractivity contribution in [3.8, 4) is 0 Å². The topological polar surface area (TPSA) is 64.0 Å². The van der Waals surface area contributed by atoms with Gasteiger partial charge in [-0.15, -0.1) is 0 Å². The van der Waals surface area contributed by atoms with Crippen LogP contribution in [0.5, 0.6) is 0 Å². The molecule has 0 fully saturated rings. The van der Waals surface area contributed by atoms with E-state index in [1.54, 1.807) is 4.57 Å². The summed E-state index contributed by atoms with van der Waals surface area (Å²) in [5.74, 6) is 0.182. The number of fused-ring (bicyclic) bond motifs is 1. The lowest BCUT2D eigenvalue weighted by Gasteiger charge is -2.18. The van der Waals surface area contributed by atoms with Gasteiger partial charge in [-0.05, 0) is 37.0 Å². The largest absolute Gasteiger partial charge is 0.355 e.